The third kappa shape index (κ3) is 3.06. The number of benzene rings is 1. The van der Waals surface area contributed by atoms with E-state index in [0.717, 1.165) is 24.2 Å². The summed E-state index contributed by atoms with van der Waals surface area (Å²) in [5.41, 5.74) is 1.09. The van der Waals surface area contributed by atoms with Crippen molar-refractivity contribution in [3.05, 3.63) is 17.7 Å². The van der Waals surface area contributed by atoms with Crippen molar-refractivity contribution in [2.45, 2.75) is 24.6 Å². The van der Waals surface area contributed by atoms with E-state index in [0.29, 0.717) is 11.5 Å². The Hall–Kier alpha value is -0.900. The van der Waals surface area contributed by atoms with Gasteiger partial charge >= 0.3 is 0 Å². The highest BCUT2D eigenvalue weighted by molar-refractivity contribution is 9.09. The molecule has 0 aromatic heterocycles. The maximum absolute atomic E-state index is 5.44. The molecule has 1 aromatic carbocycles. The van der Waals surface area contributed by atoms with E-state index >= 15 is 0 Å². The number of hydrogen-bond donors (Lipinski definition) is 0. The fraction of sp³-hybridized carbons (Fsp3) is 0.538. The van der Waals surface area contributed by atoms with Gasteiger partial charge in [-0.1, -0.05) is 35.3 Å². The second-order valence-electron chi connectivity index (χ2n) is 3.68. The highest BCUT2D eigenvalue weighted by Crippen LogP contribution is 2.45. The van der Waals surface area contributed by atoms with E-state index in [9.17, 15) is 0 Å². The zero-order valence-corrected chi connectivity index (χ0v) is 12.3. The second kappa shape index (κ2) is 6.74. The molecule has 0 heterocycles. The van der Waals surface area contributed by atoms with E-state index in [1.165, 1.54) is 0 Å². The number of alkyl halides is 1. The van der Waals surface area contributed by atoms with Crippen LogP contribution in [0.3, 0.4) is 0 Å². The largest absolute Gasteiger partial charge is 0.493 e. The third-order valence-electron chi connectivity index (χ3n) is 2.61. The molecule has 1 aromatic rings. The number of hydrogen-bond acceptors (Lipinski definition) is 3. The molecule has 0 saturated heterocycles. The number of halogens is 1. The molecule has 3 nitrogen and oxygen atoms in total. The van der Waals surface area contributed by atoms with Gasteiger partial charge in [0.25, 0.3) is 0 Å². The molecule has 0 radical (unpaired) electrons. The quantitative estimate of drug-likeness (QED) is 0.745. The van der Waals surface area contributed by atoms with Crippen molar-refractivity contribution in [2.75, 3.05) is 21.3 Å². The highest BCUT2D eigenvalue weighted by atomic mass is 79.9. The standard InChI is InChI=1S/C13H19BrO3/c1-5-6-10(14)9-7-8-11(15-2)13(17-4)12(9)16-3/h7-8,10H,5-6H2,1-4H3. The van der Waals surface area contributed by atoms with Gasteiger partial charge in [0, 0.05) is 10.4 Å². The van der Waals surface area contributed by atoms with E-state index in [1.807, 2.05) is 12.1 Å². The van der Waals surface area contributed by atoms with Crippen molar-refractivity contribution in [3.63, 3.8) is 0 Å². The van der Waals surface area contributed by atoms with Crippen LogP contribution in [-0.4, -0.2) is 21.3 Å². The number of rotatable bonds is 6. The molecule has 17 heavy (non-hydrogen) atoms. The Morgan fingerprint density at radius 2 is 1.71 bits per heavy atom. The maximum Gasteiger partial charge on any atom is 0.203 e. The summed E-state index contributed by atoms with van der Waals surface area (Å²) in [5.74, 6) is 2.07. The molecule has 1 unspecified atom stereocenters. The van der Waals surface area contributed by atoms with Gasteiger partial charge in [-0.3, -0.25) is 0 Å². The minimum atomic E-state index is 0.266. The molecule has 0 spiro atoms. The van der Waals surface area contributed by atoms with Crippen LogP contribution in [0, 0.1) is 0 Å². The van der Waals surface area contributed by atoms with Crippen LogP contribution in [0.4, 0.5) is 0 Å². The van der Waals surface area contributed by atoms with Gasteiger partial charge in [0.15, 0.2) is 11.5 Å². The third-order valence-corrected chi connectivity index (χ3v) is 3.57. The van der Waals surface area contributed by atoms with Gasteiger partial charge in [-0.05, 0) is 12.5 Å². The predicted octanol–water partition coefficient (Wildman–Crippen LogP) is 3.95. The van der Waals surface area contributed by atoms with Crippen molar-refractivity contribution >= 4 is 15.9 Å². The second-order valence-corrected chi connectivity index (χ2v) is 4.79. The van der Waals surface area contributed by atoms with Crippen LogP contribution >= 0.6 is 15.9 Å². The lowest BCUT2D eigenvalue weighted by Crippen LogP contribution is -2.00. The lowest BCUT2D eigenvalue weighted by molar-refractivity contribution is 0.322. The molecular weight excluding hydrogens is 284 g/mol. The minimum Gasteiger partial charge on any atom is -0.493 e. The molecule has 4 heteroatoms. The van der Waals surface area contributed by atoms with Crippen molar-refractivity contribution in [3.8, 4) is 17.2 Å². The average molecular weight is 303 g/mol. The first-order valence-corrected chi connectivity index (χ1v) is 6.54. The number of methoxy groups -OCH3 is 3. The van der Waals surface area contributed by atoms with Crippen LogP contribution in [0.1, 0.15) is 30.2 Å². The van der Waals surface area contributed by atoms with E-state index in [4.69, 9.17) is 14.2 Å². The fourth-order valence-electron chi connectivity index (χ4n) is 1.78. The Bertz CT molecular complexity index is 366. The Morgan fingerprint density at radius 3 is 2.18 bits per heavy atom. The van der Waals surface area contributed by atoms with Crippen LogP contribution in [0.2, 0.25) is 0 Å². The van der Waals surface area contributed by atoms with Gasteiger partial charge in [0.2, 0.25) is 5.75 Å². The molecule has 0 bridgehead atoms. The van der Waals surface area contributed by atoms with Gasteiger partial charge in [-0.2, -0.15) is 0 Å². The summed E-state index contributed by atoms with van der Waals surface area (Å²) in [5, 5.41) is 0. The van der Waals surface area contributed by atoms with Gasteiger partial charge in [-0.15, -0.1) is 0 Å². The zero-order chi connectivity index (χ0) is 12.8. The lowest BCUT2D eigenvalue weighted by Gasteiger charge is -2.18. The smallest absolute Gasteiger partial charge is 0.203 e. The van der Waals surface area contributed by atoms with Crippen LogP contribution in [0.25, 0.3) is 0 Å². The van der Waals surface area contributed by atoms with Crippen LogP contribution < -0.4 is 14.2 Å². The van der Waals surface area contributed by atoms with Gasteiger partial charge in [0.1, 0.15) is 0 Å². The first-order valence-electron chi connectivity index (χ1n) is 5.62. The molecule has 0 aliphatic carbocycles. The topological polar surface area (TPSA) is 27.7 Å². The first kappa shape index (κ1) is 14.2. The Morgan fingerprint density at radius 1 is 1.06 bits per heavy atom. The molecule has 0 aliphatic heterocycles. The van der Waals surface area contributed by atoms with E-state index in [2.05, 4.69) is 22.9 Å². The molecule has 1 rings (SSSR count). The van der Waals surface area contributed by atoms with Gasteiger partial charge in [0.05, 0.1) is 21.3 Å². The molecule has 0 saturated carbocycles. The summed E-state index contributed by atoms with van der Waals surface area (Å²) < 4.78 is 16.1. The molecule has 0 aliphatic rings. The Kier molecular flexibility index (Phi) is 5.62. The molecular formula is C13H19BrO3. The summed E-state index contributed by atoms with van der Waals surface area (Å²) in [6.07, 6.45) is 2.15. The van der Waals surface area contributed by atoms with Crippen molar-refractivity contribution < 1.29 is 14.2 Å². The van der Waals surface area contributed by atoms with Gasteiger partial charge < -0.3 is 14.2 Å². The molecule has 0 amide bonds. The summed E-state index contributed by atoms with van der Waals surface area (Å²) in [4.78, 5) is 0.266. The highest BCUT2D eigenvalue weighted by Gasteiger charge is 2.19. The van der Waals surface area contributed by atoms with E-state index in [-0.39, 0.29) is 4.83 Å². The van der Waals surface area contributed by atoms with Gasteiger partial charge in [-0.25, -0.2) is 0 Å². The normalized spacial score (nSPS) is 12.1. The van der Waals surface area contributed by atoms with Crippen LogP contribution in [0.5, 0.6) is 17.2 Å². The summed E-state index contributed by atoms with van der Waals surface area (Å²) in [6.45, 7) is 2.15. The molecule has 96 valence electrons. The number of ether oxygens (including phenoxy) is 3. The Labute approximate surface area is 111 Å². The summed E-state index contributed by atoms with van der Waals surface area (Å²) in [6, 6.07) is 3.91. The van der Waals surface area contributed by atoms with E-state index in [1.54, 1.807) is 21.3 Å². The minimum absolute atomic E-state index is 0.266. The first-order chi connectivity index (χ1) is 8.19. The Balaban J connectivity index is 3.22. The maximum atomic E-state index is 5.44. The molecule has 0 fully saturated rings. The summed E-state index contributed by atoms with van der Waals surface area (Å²) >= 11 is 3.67. The SMILES string of the molecule is CCCC(Br)c1ccc(OC)c(OC)c1OC. The van der Waals surface area contributed by atoms with Crippen molar-refractivity contribution in [1.82, 2.24) is 0 Å². The van der Waals surface area contributed by atoms with Crippen LogP contribution in [-0.2, 0) is 0 Å². The van der Waals surface area contributed by atoms with E-state index < -0.39 is 0 Å². The van der Waals surface area contributed by atoms with Crippen molar-refractivity contribution in [1.29, 1.82) is 0 Å². The zero-order valence-electron chi connectivity index (χ0n) is 10.7. The fourth-order valence-corrected chi connectivity index (χ4v) is 2.60. The average Bonchev–Trinajstić information content (AvgIpc) is 2.36. The summed E-state index contributed by atoms with van der Waals surface area (Å²) in [7, 11) is 4.88. The predicted molar refractivity (Wildman–Crippen MR) is 72.7 cm³/mol. The van der Waals surface area contributed by atoms with Crippen molar-refractivity contribution in [2.24, 2.45) is 0 Å². The lowest BCUT2D eigenvalue weighted by atomic mass is 10.1. The monoisotopic (exact) mass is 302 g/mol. The molecule has 1 atom stereocenters. The molecule has 0 N–H and O–H groups in total. The van der Waals surface area contributed by atoms with Crippen LogP contribution in [0.15, 0.2) is 12.1 Å².